The van der Waals surface area contributed by atoms with E-state index in [1.165, 1.54) is 6.07 Å². The van der Waals surface area contributed by atoms with E-state index in [2.05, 4.69) is 4.98 Å². The summed E-state index contributed by atoms with van der Waals surface area (Å²) in [7, 11) is 1.77. The fourth-order valence-electron chi connectivity index (χ4n) is 2.15. The molecule has 2 aromatic rings. The first kappa shape index (κ1) is 15.4. The summed E-state index contributed by atoms with van der Waals surface area (Å²) in [6.45, 7) is 0.319. The summed E-state index contributed by atoms with van der Waals surface area (Å²) in [6, 6.07) is 10.8. The summed E-state index contributed by atoms with van der Waals surface area (Å²) >= 11 is 0. The molecule has 0 saturated heterocycles. The number of benzene rings is 1. The molecule has 2 rings (SSSR count). The van der Waals surface area contributed by atoms with E-state index in [0.29, 0.717) is 18.7 Å². The van der Waals surface area contributed by atoms with E-state index in [0.717, 1.165) is 11.8 Å². The number of aliphatic hydroxyl groups excluding tert-OH is 1. The number of likely N-dealkylation sites (N-methyl/N-ethyl adjacent to an activating group) is 1. The molecule has 4 nitrogen and oxygen atoms in total. The van der Waals surface area contributed by atoms with Gasteiger partial charge in [-0.25, -0.2) is 4.39 Å². The molecule has 0 spiro atoms. The summed E-state index contributed by atoms with van der Waals surface area (Å²) in [5, 5.41) is 10.2. The maximum Gasteiger partial charge on any atom is 0.143 e. The number of halogens is 1. The fraction of sp³-hybridized carbons (Fsp3) is 0.312. The lowest BCUT2D eigenvalue weighted by Gasteiger charge is -2.26. The predicted molar refractivity (Wildman–Crippen MR) is 81.6 cm³/mol. The third-order valence-corrected chi connectivity index (χ3v) is 3.40. The van der Waals surface area contributed by atoms with E-state index in [1.807, 2.05) is 30.3 Å². The van der Waals surface area contributed by atoms with Gasteiger partial charge in [0.1, 0.15) is 5.82 Å². The van der Waals surface area contributed by atoms with Crippen LogP contribution >= 0.6 is 0 Å². The number of nitrogens with zero attached hydrogens (tertiary/aromatic N) is 2. The molecule has 2 atom stereocenters. The van der Waals surface area contributed by atoms with Gasteiger partial charge in [-0.05, 0) is 12.0 Å². The Kier molecular flexibility index (Phi) is 5.25. The van der Waals surface area contributed by atoms with Crippen molar-refractivity contribution in [2.75, 3.05) is 18.5 Å². The Morgan fingerprint density at radius 3 is 2.67 bits per heavy atom. The largest absolute Gasteiger partial charge is 0.390 e. The summed E-state index contributed by atoms with van der Waals surface area (Å²) in [5.74, 6) is -0.401. The van der Waals surface area contributed by atoms with Gasteiger partial charge in [0.15, 0.2) is 0 Å². The van der Waals surface area contributed by atoms with Crippen LogP contribution in [-0.2, 0) is 6.42 Å². The smallest absolute Gasteiger partial charge is 0.143 e. The van der Waals surface area contributed by atoms with Gasteiger partial charge >= 0.3 is 0 Å². The number of hydrogen-bond acceptors (Lipinski definition) is 4. The van der Waals surface area contributed by atoms with Crippen LogP contribution in [0.3, 0.4) is 0 Å². The van der Waals surface area contributed by atoms with Crippen molar-refractivity contribution in [3.63, 3.8) is 0 Å². The van der Waals surface area contributed by atoms with Crippen molar-refractivity contribution >= 4 is 5.69 Å². The van der Waals surface area contributed by atoms with Crippen LogP contribution in [0.2, 0.25) is 0 Å². The van der Waals surface area contributed by atoms with Crippen LogP contribution < -0.4 is 10.6 Å². The lowest BCUT2D eigenvalue weighted by atomic mass is 10.0. The molecule has 0 aliphatic rings. The minimum atomic E-state index is -0.710. The van der Waals surface area contributed by atoms with E-state index in [4.69, 9.17) is 5.73 Å². The Hall–Kier alpha value is -1.98. The average Bonchev–Trinajstić information content (AvgIpc) is 2.48. The molecule has 21 heavy (non-hydrogen) atoms. The van der Waals surface area contributed by atoms with Crippen molar-refractivity contribution in [2.24, 2.45) is 5.73 Å². The lowest BCUT2D eigenvalue weighted by Crippen LogP contribution is -2.43. The SMILES string of the molecule is CN(C[C@@H](O)[C@@H](N)Cc1ccccc1)c1cncc(F)c1. The monoisotopic (exact) mass is 289 g/mol. The zero-order valence-electron chi connectivity index (χ0n) is 12.0. The van der Waals surface area contributed by atoms with Gasteiger partial charge in [0, 0.05) is 25.7 Å². The van der Waals surface area contributed by atoms with Crippen LogP contribution in [0.25, 0.3) is 0 Å². The van der Waals surface area contributed by atoms with Crippen molar-refractivity contribution in [2.45, 2.75) is 18.6 Å². The van der Waals surface area contributed by atoms with Crippen LogP contribution in [-0.4, -0.2) is 35.8 Å². The molecule has 3 N–H and O–H groups in total. The highest BCUT2D eigenvalue weighted by molar-refractivity contribution is 5.43. The molecule has 0 radical (unpaired) electrons. The van der Waals surface area contributed by atoms with Crippen molar-refractivity contribution in [1.29, 1.82) is 0 Å². The van der Waals surface area contributed by atoms with E-state index >= 15 is 0 Å². The Bertz CT molecular complexity index is 564. The zero-order valence-corrected chi connectivity index (χ0v) is 12.0. The molecule has 1 aromatic carbocycles. The lowest BCUT2D eigenvalue weighted by molar-refractivity contribution is 0.150. The number of rotatable bonds is 6. The van der Waals surface area contributed by atoms with Crippen molar-refractivity contribution in [1.82, 2.24) is 4.98 Å². The summed E-state index contributed by atoms with van der Waals surface area (Å²) in [6.07, 6.45) is 2.59. The van der Waals surface area contributed by atoms with Crippen molar-refractivity contribution in [3.05, 3.63) is 60.2 Å². The maximum atomic E-state index is 13.1. The highest BCUT2D eigenvalue weighted by atomic mass is 19.1. The van der Waals surface area contributed by atoms with Gasteiger partial charge < -0.3 is 15.7 Å². The van der Waals surface area contributed by atoms with Gasteiger partial charge in [-0.3, -0.25) is 4.98 Å². The molecule has 0 aliphatic heterocycles. The molecule has 1 aromatic heterocycles. The summed E-state index contributed by atoms with van der Waals surface area (Å²) in [4.78, 5) is 5.54. The summed E-state index contributed by atoms with van der Waals surface area (Å²) in [5.41, 5.74) is 7.73. The topological polar surface area (TPSA) is 62.4 Å². The van der Waals surface area contributed by atoms with Crippen LogP contribution in [0.15, 0.2) is 48.8 Å². The first-order valence-electron chi connectivity index (χ1n) is 6.85. The Morgan fingerprint density at radius 1 is 1.29 bits per heavy atom. The molecule has 0 fully saturated rings. The number of aliphatic hydroxyl groups is 1. The molecule has 0 aliphatic carbocycles. The van der Waals surface area contributed by atoms with Crippen LogP contribution in [0.4, 0.5) is 10.1 Å². The average molecular weight is 289 g/mol. The molecule has 112 valence electrons. The van der Waals surface area contributed by atoms with E-state index < -0.39 is 11.9 Å². The van der Waals surface area contributed by atoms with E-state index in [-0.39, 0.29) is 6.04 Å². The number of pyridine rings is 1. The van der Waals surface area contributed by atoms with Crippen molar-refractivity contribution < 1.29 is 9.50 Å². The van der Waals surface area contributed by atoms with Crippen molar-refractivity contribution in [3.8, 4) is 0 Å². The number of anilines is 1. The fourth-order valence-corrected chi connectivity index (χ4v) is 2.15. The first-order valence-corrected chi connectivity index (χ1v) is 6.85. The van der Waals surface area contributed by atoms with Crippen LogP contribution in [0, 0.1) is 5.82 Å². The minimum Gasteiger partial charge on any atom is -0.390 e. The predicted octanol–water partition coefficient (Wildman–Crippen LogP) is 1.59. The quantitative estimate of drug-likeness (QED) is 0.847. The van der Waals surface area contributed by atoms with Gasteiger partial charge in [0.25, 0.3) is 0 Å². The second-order valence-electron chi connectivity index (χ2n) is 5.16. The molecule has 1 heterocycles. The number of aromatic nitrogens is 1. The molecule has 5 heteroatoms. The number of hydrogen-bond donors (Lipinski definition) is 2. The maximum absolute atomic E-state index is 13.1. The highest BCUT2D eigenvalue weighted by Crippen LogP contribution is 2.13. The van der Waals surface area contributed by atoms with Gasteiger partial charge in [-0.2, -0.15) is 0 Å². The Morgan fingerprint density at radius 2 is 2.00 bits per heavy atom. The normalized spacial score (nSPS) is 13.7. The van der Waals surface area contributed by atoms with Crippen LogP contribution in [0.1, 0.15) is 5.56 Å². The third kappa shape index (κ3) is 4.51. The Labute approximate surface area is 124 Å². The van der Waals surface area contributed by atoms with Gasteiger partial charge in [-0.1, -0.05) is 30.3 Å². The second-order valence-corrected chi connectivity index (χ2v) is 5.16. The molecule has 0 unspecified atom stereocenters. The van der Waals surface area contributed by atoms with E-state index in [1.54, 1.807) is 18.1 Å². The number of nitrogens with two attached hydrogens (primary N) is 1. The van der Waals surface area contributed by atoms with Crippen LogP contribution in [0.5, 0.6) is 0 Å². The molecule has 0 saturated carbocycles. The van der Waals surface area contributed by atoms with Gasteiger partial charge in [0.2, 0.25) is 0 Å². The molecule has 0 amide bonds. The standard InChI is InChI=1S/C16H20FN3O/c1-20(14-8-13(17)9-19-10-14)11-16(21)15(18)7-12-5-3-2-4-6-12/h2-6,8-10,15-16,21H,7,11,18H2,1H3/t15-,16+/m0/s1. The first-order chi connectivity index (χ1) is 10.1. The molecular formula is C16H20FN3O. The van der Waals surface area contributed by atoms with Gasteiger partial charge in [-0.15, -0.1) is 0 Å². The minimum absolute atomic E-state index is 0.319. The Balaban J connectivity index is 1.92. The molecular weight excluding hydrogens is 269 g/mol. The van der Waals surface area contributed by atoms with Gasteiger partial charge in [0.05, 0.1) is 24.2 Å². The van der Waals surface area contributed by atoms with E-state index in [9.17, 15) is 9.50 Å². The second kappa shape index (κ2) is 7.15. The highest BCUT2D eigenvalue weighted by Gasteiger charge is 2.17. The zero-order chi connectivity index (χ0) is 15.2. The molecule has 0 bridgehead atoms. The summed E-state index contributed by atoms with van der Waals surface area (Å²) < 4.78 is 13.1. The third-order valence-electron chi connectivity index (χ3n) is 3.40.